The zero-order valence-electron chi connectivity index (χ0n) is 6.60. The number of carbonyl (C=O) groups is 1. The van der Waals surface area contributed by atoms with Crippen molar-refractivity contribution in [3.05, 3.63) is 34.1 Å². The molecule has 0 atom stereocenters. The molecule has 0 unspecified atom stereocenters. The predicted molar refractivity (Wildman–Crippen MR) is 45.9 cm³/mol. The van der Waals surface area contributed by atoms with Crippen molar-refractivity contribution in [3.8, 4) is 0 Å². The molecule has 12 heavy (non-hydrogen) atoms. The summed E-state index contributed by atoms with van der Waals surface area (Å²) < 4.78 is 13.1. The maximum atomic E-state index is 13.1. The van der Waals surface area contributed by atoms with Crippen LogP contribution in [-0.4, -0.2) is 6.29 Å². The highest BCUT2D eigenvalue weighted by Gasteiger charge is 2.06. The van der Waals surface area contributed by atoms with Crippen LogP contribution >= 0.6 is 11.6 Å². The summed E-state index contributed by atoms with van der Waals surface area (Å²) in [5.74, 6) is -0.491. The Kier molecular flexibility index (Phi) is 2.82. The molecule has 1 nitrogen and oxygen atoms in total. The summed E-state index contributed by atoms with van der Waals surface area (Å²) in [4.78, 5) is 10.1. The van der Waals surface area contributed by atoms with E-state index in [9.17, 15) is 9.18 Å². The van der Waals surface area contributed by atoms with Crippen LogP contribution in [0.1, 0.15) is 11.1 Å². The largest absolute Gasteiger partial charge is 0.303 e. The number of hydrogen-bond acceptors (Lipinski definition) is 1. The molecule has 1 aromatic rings. The Morgan fingerprint density at radius 3 is 2.83 bits per heavy atom. The van der Waals surface area contributed by atoms with Gasteiger partial charge in [-0.25, -0.2) is 4.39 Å². The second kappa shape index (κ2) is 3.68. The second-order valence-corrected chi connectivity index (χ2v) is 3.00. The molecule has 0 saturated heterocycles. The van der Waals surface area contributed by atoms with E-state index in [2.05, 4.69) is 0 Å². The van der Waals surface area contributed by atoms with Crippen LogP contribution in [0.15, 0.2) is 12.1 Å². The van der Waals surface area contributed by atoms with Gasteiger partial charge in [0.15, 0.2) is 0 Å². The lowest BCUT2D eigenvalue weighted by atomic mass is 10.1. The van der Waals surface area contributed by atoms with Gasteiger partial charge >= 0.3 is 0 Å². The molecule has 0 radical (unpaired) electrons. The van der Waals surface area contributed by atoms with Crippen molar-refractivity contribution in [2.24, 2.45) is 0 Å². The zero-order valence-corrected chi connectivity index (χ0v) is 7.36. The summed E-state index contributed by atoms with van der Waals surface area (Å²) in [6, 6.07) is 3.15. The highest BCUT2D eigenvalue weighted by atomic mass is 35.5. The molecule has 1 rings (SSSR count). The zero-order chi connectivity index (χ0) is 9.14. The third-order valence-electron chi connectivity index (χ3n) is 1.55. The van der Waals surface area contributed by atoms with Gasteiger partial charge in [0.1, 0.15) is 12.1 Å². The third kappa shape index (κ3) is 1.83. The van der Waals surface area contributed by atoms with Crippen molar-refractivity contribution < 1.29 is 9.18 Å². The fraction of sp³-hybridized carbons (Fsp3) is 0.222. The maximum Gasteiger partial charge on any atom is 0.145 e. The number of halogens is 2. The van der Waals surface area contributed by atoms with Gasteiger partial charge in [-0.15, -0.1) is 0 Å². The predicted octanol–water partition coefficient (Wildman–Crippen LogP) is 2.53. The van der Waals surface area contributed by atoms with E-state index in [1.54, 1.807) is 13.0 Å². The molecule has 0 amide bonds. The summed E-state index contributed by atoms with van der Waals surface area (Å²) in [5.41, 5.74) is 1.22. The summed E-state index contributed by atoms with van der Waals surface area (Å²) in [5, 5.41) is 0.0758. The van der Waals surface area contributed by atoms with Crippen LogP contribution in [0.25, 0.3) is 0 Å². The standard InChI is InChI=1S/C9H8ClFO/c1-6-4-7(2-3-12)9(11)8(10)5-6/h3-5H,2H2,1H3. The average molecular weight is 187 g/mol. The molecule has 3 heteroatoms. The number of hydrogen-bond donors (Lipinski definition) is 0. The summed E-state index contributed by atoms with van der Waals surface area (Å²) in [6.07, 6.45) is 0.738. The van der Waals surface area contributed by atoms with Crippen LogP contribution in [-0.2, 0) is 11.2 Å². The first-order valence-electron chi connectivity index (χ1n) is 3.53. The molecule has 0 saturated carbocycles. The quantitative estimate of drug-likeness (QED) is 0.649. The Bertz CT molecular complexity index is 310. The minimum atomic E-state index is -0.491. The molecule has 64 valence electrons. The molecule has 0 spiro atoms. The molecular weight excluding hydrogens is 179 g/mol. The first-order chi connectivity index (χ1) is 5.65. The normalized spacial score (nSPS) is 9.92. The van der Waals surface area contributed by atoms with E-state index in [0.29, 0.717) is 11.8 Å². The van der Waals surface area contributed by atoms with Crippen molar-refractivity contribution >= 4 is 17.9 Å². The highest BCUT2D eigenvalue weighted by molar-refractivity contribution is 6.30. The Balaban J connectivity index is 3.17. The van der Waals surface area contributed by atoms with Gasteiger partial charge < -0.3 is 4.79 Å². The van der Waals surface area contributed by atoms with Crippen molar-refractivity contribution in [1.29, 1.82) is 0 Å². The maximum absolute atomic E-state index is 13.1. The second-order valence-electron chi connectivity index (χ2n) is 2.59. The molecule has 0 aliphatic rings. The van der Waals surface area contributed by atoms with Crippen LogP contribution in [0.5, 0.6) is 0 Å². The lowest BCUT2D eigenvalue weighted by molar-refractivity contribution is -0.107. The fourth-order valence-corrected chi connectivity index (χ4v) is 1.33. The monoisotopic (exact) mass is 186 g/mol. The van der Waals surface area contributed by atoms with Gasteiger partial charge in [0, 0.05) is 6.42 Å². The topological polar surface area (TPSA) is 17.1 Å². The van der Waals surface area contributed by atoms with E-state index in [-0.39, 0.29) is 11.4 Å². The molecule has 0 aromatic heterocycles. The Hall–Kier alpha value is -0.890. The number of aldehydes is 1. The van der Waals surface area contributed by atoms with Crippen molar-refractivity contribution in [3.63, 3.8) is 0 Å². The number of carbonyl (C=O) groups excluding carboxylic acids is 1. The van der Waals surface area contributed by atoms with Gasteiger partial charge in [-0.3, -0.25) is 0 Å². The van der Waals surface area contributed by atoms with Gasteiger partial charge in [0.2, 0.25) is 0 Å². The van der Waals surface area contributed by atoms with Crippen LogP contribution in [0.2, 0.25) is 5.02 Å². The molecule has 0 heterocycles. The van der Waals surface area contributed by atoms with Crippen molar-refractivity contribution in [2.75, 3.05) is 0 Å². The van der Waals surface area contributed by atoms with E-state index >= 15 is 0 Å². The Morgan fingerprint density at radius 2 is 2.25 bits per heavy atom. The van der Waals surface area contributed by atoms with Crippen molar-refractivity contribution in [1.82, 2.24) is 0 Å². The van der Waals surface area contributed by atoms with Crippen LogP contribution in [0.4, 0.5) is 4.39 Å². The van der Waals surface area contributed by atoms with E-state index in [0.717, 1.165) is 5.56 Å². The minimum Gasteiger partial charge on any atom is -0.303 e. The summed E-state index contributed by atoms with van der Waals surface area (Å²) in [6.45, 7) is 1.81. The number of rotatable bonds is 2. The van der Waals surface area contributed by atoms with Crippen LogP contribution < -0.4 is 0 Å². The lowest BCUT2D eigenvalue weighted by Gasteiger charge is -2.02. The first kappa shape index (κ1) is 9.20. The first-order valence-corrected chi connectivity index (χ1v) is 3.91. The summed E-state index contributed by atoms with van der Waals surface area (Å²) in [7, 11) is 0. The van der Waals surface area contributed by atoms with Gasteiger partial charge in [-0.2, -0.15) is 0 Å². The highest BCUT2D eigenvalue weighted by Crippen LogP contribution is 2.20. The molecule has 0 N–H and O–H groups in total. The number of aryl methyl sites for hydroxylation is 1. The SMILES string of the molecule is Cc1cc(Cl)c(F)c(CC=O)c1. The molecule has 0 aliphatic carbocycles. The van der Waals surface area contributed by atoms with Crippen LogP contribution in [0, 0.1) is 12.7 Å². The fourth-order valence-electron chi connectivity index (χ4n) is 1.03. The molecule has 0 bridgehead atoms. The molecule has 1 aromatic carbocycles. The minimum absolute atomic E-state index is 0.0758. The van der Waals surface area contributed by atoms with Crippen LogP contribution in [0.3, 0.4) is 0 Å². The smallest absolute Gasteiger partial charge is 0.145 e. The van der Waals surface area contributed by atoms with E-state index in [1.165, 1.54) is 6.07 Å². The van der Waals surface area contributed by atoms with Gasteiger partial charge in [0.25, 0.3) is 0 Å². The van der Waals surface area contributed by atoms with Crippen molar-refractivity contribution in [2.45, 2.75) is 13.3 Å². The Morgan fingerprint density at radius 1 is 1.58 bits per heavy atom. The lowest BCUT2D eigenvalue weighted by Crippen LogP contribution is -1.93. The van der Waals surface area contributed by atoms with E-state index in [4.69, 9.17) is 11.6 Å². The molecule has 0 fully saturated rings. The van der Waals surface area contributed by atoms with Gasteiger partial charge in [0.05, 0.1) is 5.02 Å². The summed E-state index contributed by atoms with van der Waals surface area (Å²) >= 11 is 5.56. The molecular formula is C9H8ClFO. The average Bonchev–Trinajstić information content (AvgIpc) is 2.00. The third-order valence-corrected chi connectivity index (χ3v) is 1.83. The molecule has 0 aliphatic heterocycles. The number of benzene rings is 1. The van der Waals surface area contributed by atoms with Gasteiger partial charge in [-0.1, -0.05) is 17.7 Å². The Labute approximate surface area is 75.2 Å². The van der Waals surface area contributed by atoms with Gasteiger partial charge in [-0.05, 0) is 24.1 Å². The van der Waals surface area contributed by atoms with E-state index in [1.807, 2.05) is 0 Å². The van der Waals surface area contributed by atoms with E-state index < -0.39 is 5.82 Å².